The van der Waals surface area contributed by atoms with E-state index in [0.717, 1.165) is 16.9 Å². The van der Waals surface area contributed by atoms with Crippen molar-refractivity contribution in [1.29, 1.82) is 0 Å². The Morgan fingerprint density at radius 3 is 2.58 bits per heavy atom. The Labute approximate surface area is 151 Å². The van der Waals surface area contributed by atoms with Crippen LogP contribution in [0.5, 0.6) is 0 Å². The first-order valence-corrected chi connectivity index (χ1v) is 9.39. The predicted octanol–water partition coefficient (Wildman–Crippen LogP) is 3.59. The molecule has 0 saturated carbocycles. The van der Waals surface area contributed by atoms with E-state index in [2.05, 4.69) is 15.1 Å². The first-order valence-electron chi connectivity index (χ1n) is 7.36. The second-order valence-electron chi connectivity index (χ2n) is 5.48. The Hall–Kier alpha value is -2.20. The van der Waals surface area contributed by atoms with Crippen LogP contribution in [0.2, 0.25) is 5.02 Å². The number of aromatic nitrogens is 4. The zero-order valence-corrected chi connectivity index (χ0v) is 15.1. The van der Waals surface area contributed by atoms with Gasteiger partial charge in [-0.15, -0.1) is 0 Å². The molecule has 0 amide bonds. The molecular formula is C15H12ClF3N4O2S. The summed E-state index contributed by atoms with van der Waals surface area (Å²) in [5.41, 5.74) is -0.705. The summed E-state index contributed by atoms with van der Waals surface area (Å²) < 4.78 is 64.3. The first kappa shape index (κ1) is 18.6. The van der Waals surface area contributed by atoms with Crippen molar-refractivity contribution in [3.05, 3.63) is 40.9 Å². The fourth-order valence-corrected chi connectivity index (χ4v) is 3.52. The summed E-state index contributed by atoms with van der Waals surface area (Å²) in [6.45, 7) is 3.05. The van der Waals surface area contributed by atoms with Gasteiger partial charge < -0.3 is 0 Å². The molecule has 0 aliphatic carbocycles. The zero-order valence-electron chi connectivity index (χ0n) is 13.5. The van der Waals surface area contributed by atoms with Gasteiger partial charge in [-0.05, 0) is 19.1 Å². The SMILES string of the molecule is CCS(=O)(=O)c1cc(Cl)c(C)nc1-n1cc2cnc(C(F)(F)F)cc2n1. The monoisotopic (exact) mass is 404 g/mol. The number of sulfone groups is 1. The number of pyridine rings is 2. The van der Waals surface area contributed by atoms with Gasteiger partial charge in [-0.2, -0.15) is 18.3 Å². The van der Waals surface area contributed by atoms with E-state index in [0.29, 0.717) is 11.1 Å². The summed E-state index contributed by atoms with van der Waals surface area (Å²) in [6, 6.07) is 2.06. The molecule has 6 nitrogen and oxygen atoms in total. The van der Waals surface area contributed by atoms with E-state index >= 15 is 0 Å². The maximum atomic E-state index is 12.8. The maximum Gasteiger partial charge on any atom is 0.433 e. The maximum absolute atomic E-state index is 12.8. The van der Waals surface area contributed by atoms with E-state index < -0.39 is 21.7 Å². The van der Waals surface area contributed by atoms with Gasteiger partial charge in [-0.1, -0.05) is 18.5 Å². The molecule has 0 saturated heterocycles. The third kappa shape index (κ3) is 3.26. The van der Waals surface area contributed by atoms with Gasteiger partial charge in [0.2, 0.25) is 0 Å². The number of rotatable bonds is 3. The van der Waals surface area contributed by atoms with E-state index in [1.165, 1.54) is 19.2 Å². The number of fused-ring (bicyclic) bond motifs is 1. The van der Waals surface area contributed by atoms with Gasteiger partial charge >= 0.3 is 6.18 Å². The zero-order chi connectivity index (χ0) is 19.3. The van der Waals surface area contributed by atoms with Crippen LogP contribution < -0.4 is 0 Å². The molecule has 0 atom stereocenters. The molecule has 0 aliphatic rings. The van der Waals surface area contributed by atoms with Crippen molar-refractivity contribution in [1.82, 2.24) is 19.7 Å². The number of aryl methyl sites for hydroxylation is 1. The largest absolute Gasteiger partial charge is 0.433 e. The molecule has 3 heterocycles. The number of hydrogen-bond donors (Lipinski definition) is 0. The highest BCUT2D eigenvalue weighted by molar-refractivity contribution is 7.91. The predicted molar refractivity (Wildman–Crippen MR) is 89.1 cm³/mol. The highest BCUT2D eigenvalue weighted by Gasteiger charge is 2.33. The van der Waals surface area contributed by atoms with Gasteiger partial charge in [0, 0.05) is 17.8 Å². The van der Waals surface area contributed by atoms with E-state index in [1.54, 1.807) is 6.92 Å². The molecule has 0 radical (unpaired) electrons. The van der Waals surface area contributed by atoms with Crippen molar-refractivity contribution in [2.75, 3.05) is 5.75 Å². The highest BCUT2D eigenvalue weighted by Crippen LogP contribution is 2.30. The van der Waals surface area contributed by atoms with Crippen LogP contribution in [0.4, 0.5) is 13.2 Å². The molecule has 138 valence electrons. The van der Waals surface area contributed by atoms with Crippen molar-refractivity contribution in [2.45, 2.75) is 24.9 Å². The third-order valence-corrected chi connectivity index (χ3v) is 5.82. The van der Waals surface area contributed by atoms with Crippen LogP contribution >= 0.6 is 11.6 Å². The summed E-state index contributed by atoms with van der Waals surface area (Å²) in [4.78, 5) is 7.39. The van der Waals surface area contributed by atoms with Crippen LogP contribution in [-0.4, -0.2) is 33.9 Å². The molecule has 0 bridgehead atoms. The average molecular weight is 405 g/mol. The van der Waals surface area contributed by atoms with Crippen LogP contribution in [0.1, 0.15) is 18.3 Å². The van der Waals surface area contributed by atoms with Gasteiger partial charge in [0.25, 0.3) is 0 Å². The molecule has 0 spiro atoms. The number of alkyl halides is 3. The second kappa shape index (κ2) is 6.20. The fourth-order valence-electron chi connectivity index (χ4n) is 2.28. The summed E-state index contributed by atoms with van der Waals surface area (Å²) in [5, 5.41) is 4.52. The van der Waals surface area contributed by atoms with Gasteiger partial charge in [0.15, 0.2) is 15.7 Å². The number of hydrogen-bond acceptors (Lipinski definition) is 5. The Morgan fingerprint density at radius 1 is 1.27 bits per heavy atom. The molecule has 3 rings (SSSR count). The molecule has 11 heteroatoms. The Bertz CT molecular complexity index is 1110. The lowest BCUT2D eigenvalue weighted by atomic mass is 10.3. The van der Waals surface area contributed by atoms with Crippen LogP contribution in [-0.2, 0) is 16.0 Å². The average Bonchev–Trinajstić information content (AvgIpc) is 2.99. The Balaban J connectivity index is 2.25. The lowest BCUT2D eigenvalue weighted by Crippen LogP contribution is -2.12. The van der Waals surface area contributed by atoms with Crippen LogP contribution in [0, 0.1) is 6.92 Å². The summed E-state index contributed by atoms with van der Waals surface area (Å²) >= 11 is 5.99. The smallest absolute Gasteiger partial charge is 0.251 e. The molecule has 0 unspecified atom stereocenters. The van der Waals surface area contributed by atoms with Crippen LogP contribution in [0.3, 0.4) is 0 Å². The van der Waals surface area contributed by atoms with Gasteiger partial charge in [0.1, 0.15) is 10.6 Å². The van der Waals surface area contributed by atoms with Crippen molar-refractivity contribution in [3.63, 3.8) is 0 Å². The molecule has 0 aliphatic heterocycles. The topological polar surface area (TPSA) is 77.7 Å². The quantitative estimate of drug-likeness (QED) is 0.666. The van der Waals surface area contributed by atoms with Gasteiger partial charge in [-0.25, -0.2) is 18.1 Å². The minimum Gasteiger partial charge on any atom is -0.251 e. The third-order valence-electron chi connectivity index (χ3n) is 3.71. The minimum atomic E-state index is -4.61. The van der Waals surface area contributed by atoms with E-state index in [-0.39, 0.29) is 27.0 Å². The molecule has 0 aromatic carbocycles. The molecule has 3 aromatic rings. The van der Waals surface area contributed by atoms with Crippen molar-refractivity contribution >= 4 is 32.3 Å². The Morgan fingerprint density at radius 2 is 1.96 bits per heavy atom. The lowest BCUT2D eigenvalue weighted by molar-refractivity contribution is -0.141. The lowest BCUT2D eigenvalue weighted by Gasteiger charge is -2.10. The number of nitrogens with zero attached hydrogens (tertiary/aromatic N) is 4. The number of halogens is 4. The molecule has 0 fully saturated rings. The van der Waals surface area contributed by atoms with Crippen LogP contribution in [0.15, 0.2) is 29.4 Å². The highest BCUT2D eigenvalue weighted by atomic mass is 35.5. The Kier molecular flexibility index (Phi) is 4.43. The normalized spacial score (nSPS) is 12.7. The summed E-state index contributed by atoms with van der Waals surface area (Å²) in [6.07, 6.45) is -2.21. The molecule has 0 N–H and O–H groups in total. The second-order valence-corrected chi connectivity index (χ2v) is 8.13. The van der Waals surface area contributed by atoms with E-state index in [1.807, 2.05) is 0 Å². The van der Waals surface area contributed by atoms with Gasteiger partial charge in [0.05, 0.1) is 22.0 Å². The molecule has 3 aromatic heterocycles. The standard InChI is InChI=1S/C15H12ClF3N4O2S/c1-3-26(24,25)12-4-10(16)8(2)21-14(12)23-7-9-6-20-13(15(17,18)19)5-11(9)22-23/h4-7H,3H2,1-2H3. The van der Waals surface area contributed by atoms with E-state index in [9.17, 15) is 21.6 Å². The summed E-state index contributed by atoms with van der Waals surface area (Å²) in [7, 11) is -3.69. The summed E-state index contributed by atoms with van der Waals surface area (Å²) in [5.74, 6) is -0.222. The van der Waals surface area contributed by atoms with Crippen LogP contribution in [0.25, 0.3) is 16.7 Å². The van der Waals surface area contributed by atoms with Crippen molar-refractivity contribution < 1.29 is 21.6 Å². The van der Waals surface area contributed by atoms with E-state index in [4.69, 9.17) is 11.6 Å². The fraction of sp³-hybridized carbons (Fsp3) is 0.267. The van der Waals surface area contributed by atoms with Gasteiger partial charge in [-0.3, -0.25) is 4.98 Å². The molecule has 26 heavy (non-hydrogen) atoms. The first-order chi connectivity index (χ1) is 12.0. The van der Waals surface area contributed by atoms with Crippen molar-refractivity contribution in [3.8, 4) is 5.82 Å². The van der Waals surface area contributed by atoms with Crippen molar-refractivity contribution in [2.24, 2.45) is 0 Å². The molecular weight excluding hydrogens is 393 g/mol. The minimum absolute atomic E-state index is 0.0153.